The van der Waals surface area contributed by atoms with Crippen molar-refractivity contribution in [2.45, 2.75) is 19.2 Å². The fourth-order valence-electron chi connectivity index (χ4n) is 2.59. The zero-order valence-electron chi connectivity index (χ0n) is 12.2. The summed E-state index contributed by atoms with van der Waals surface area (Å²) < 4.78 is 5.24. The average molecular weight is 277 g/mol. The second-order valence-electron chi connectivity index (χ2n) is 5.01. The van der Waals surface area contributed by atoms with E-state index in [1.165, 1.54) is 11.1 Å². The normalized spacial score (nSPS) is 19.8. The Labute approximate surface area is 120 Å². The molecule has 1 aromatic carbocycles. The van der Waals surface area contributed by atoms with Crippen molar-refractivity contribution in [1.29, 1.82) is 0 Å². The fourth-order valence-corrected chi connectivity index (χ4v) is 2.59. The van der Waals surface area contributed by atoms with Crippen molar-refractivity contribution in [3.8, 4) is 0 Å². The molecule has 1 atom stereocenters. The number of rotatable bonds is 5. The largest absolute Gasteiger partial charge is 0.380 e. The smallest absolute Gasteiger partial charge is 0.238 e. The standard InChI is InChI=1S/C15H23N3O2/c1-16-15(19)14-9-17-7-8-18(14)10-12-5-3-4-6-13(12)11-20-2/h3-6,14,17H,7-11H2,1-2H3,(H,16,19). The number of amides is 1. The number of nitrogens with one attached hydrogen (secondary N) is 2. The van der Waals surface area contributed by atoms with Crippen LogP contribution in [0.25, 0.3) is 0 Å². The van der Waals surface area contributed by atoms with Gasteiger partial charge in [-0.3, -0.25) is 9.69 Å². The van der Waals surface area contributed by atoms with Crippen LogP contribution in [0.1, 0.15) is 11.1 Å². The first-order valence-corrected chi connectivity index (χ1v) is 6.98. The van der Waals surface area contributed by atoms with Gasteiger partial charge in [-0.1, -0.05) is 24.3 Å². The maximum absolute atomic E-state index is 12.0. The average Bonchev–Trinajstić information content (AvgIpc) is 2.49. The minimum atomic E-state index is -0.107. The molecule has 0 bridgehead atoms. The first-order valence-electron chi connectivity index (χ1n) is 6.98. The van der Waals surface area contributed by atoms with Crippen molar-refractivity contribution in [3.05, 3.63) is 35.4 Å². The summed E-state index contributed by atoms with van der Waals surface area (Å²) in [6, 6.07) is 8.13. The van der Waals surface area contributed by atoms with Crippen LogP contribution in [0.2, 0.25) is 0 Å². The molecule has 20 heavy (non-hydrogen) atoms. The Balaban J connectivity index is 2.12. The molecule has 110 valence electrons. The van der Waals surface area contributed by atoms with Gasteiger partial charge in [-0.05, 0) is 11.1 Å². The van der Waals surface area contributed by atoms with E-state index in [0.29, 0.717) is 13.2 Å². The second kappa shape index (κ2) is 7.38. The summed E-state index contributed by atoms with van der Waals surface area (Å²) in [5, 5.41) is 6.02. The maximum Gasteiger partial charge on any atom is 0.238 e. The lowest BCUT2D eigenvalue weighted by molar-refractivity contribution is -0.126. The van der Waals surface area contributed by atoms with E-state index in [2.05, 4.69) is 27.7 Å². The van der Waals surface area contributed by atoms with Crippen molar-refractivity contribution < 1.29 is 9.53 Å². The number of hydrogen-bond donors (Lipinski definition) is 2. The van der Waals surface area contributed by atoms with E-state index < -0.39 is 0 Å². The molecule has 1 aliphatic rings. The Morgan fingerprint density at radius 3 is 2.90 bits per heavy atom. The van der Waals surface area contributed by atoms with Gasteiger partial charge in [0.05, 0.1) is 6.61 Å². The summed E-state index contributed by atoms with van der Waals surface area (Å²) in [6.07, 6.45) is 0. The SMILES string of the molecule is CNC(=O)C1CNCCN1Cc1ccccc1COC. The molecule has 1 unspecified atom stereocenters. The lowest BCUT2D eigenvalue weighted by Gasteiger charge is -2.35. The molecule has 1 saturated heterocycles. The Morgan fingerprint density at radius 1 is 1.45 bits per heavy atom. The molecule has 2 rings (SSSR count). The predicted molar refractivity (Wildman–Crippen MR) is 78.3 cm³/mol. The highest BCUT2D eigenvalue weighted by Crippen LogP contribution is 2.15. The predicted octanol–water partition coefficient (Wildman–Crippen LogP) is 0.353. The maximum atomic E-state index is 12.0. The van der Waals surface area contributed by atoms with E-state index in [4.69, 9.17) is 4.74 Å². The number of methoxy groups -OCH3 is 1. The summed E-state index contributed by atoms with van der Waals surface area (Å²) in [5.74, 6) is 0.0708. The molecular weight excluding hydrogens is 254 g/mol. The van der Waals surface area contributed by atoms with Gasteiger partial charge in [0.1, 0.15) is 6.04 Å². The van der Waals surface area contributed by atoms with Crippen molar-refractivity contribution in [2.24, 2.45) is 0 Å². The van der Waals surface area contributed by atoms with Crippen LogP contribution in [0.4, 0.5) is 0 Å². The van der Waals surface area contributed by atoms with Gasteiger partial charge in [0.2, 0.25) is 5.91 Å². The van der Waals surface area contributed by atoms with Crippen LogP contribution < -0.4 is 10.6 Å². The zero-order valence-corrected chi connectivity index (χ0v) is 12.2. The number of likely N-dealkylation sites (N-methyl/N-ethyl adjacent to an activating group) is 1. The van der Waals surface area contributed by atoms with Crippen molar-refractivity contribution >= 4 is 5.91 Å². The summed E-state index contributed by atoms with van der Waals surface area (Å²) in [7, 11) is 3.39. The molecule has 0 aromatic heterocycles. The Kier molecular flexibility index (Phi) is 5.52. The highest BCUT2D eigenvalue weighted by molar-refractivity contribution is 5.81. The number of carbonyl (C=O) groups excluding carboxylic acids is 1. The molecule has 1 fully saturated rings. The van der Waals surface area contributed by atoms with E-state index in [9.17, 15) is 4.79 Å². The number of hydrogen-bond acceptors (Lipinski definition) is 4. The van der Waals surface area contributed by atoms with E-state index in [1.807, 2.05) is 12.1 Å². The van der Waals surface area contributed by atoms with Crippen LogP contribution in [-0.2, 0) is 22.7 Å². The number of ether oxygens (including phenoxy) is 1. The fraction of sp³-hybridized carbons (Fsp3) is 0.533. The van der Waals surface area contributed by atoms with Gasteiger partial charge >= 0.3 is 0 Å². The molecular formula is C15H23N3O2. The van der Waals surface area contributed by atoms with Gasteiger partial charge in [0.15, 0.2) is 0 Å². The highest BCUT2D eigenvalue weighted by Gasteiger charge is 2.28. The number of benzene rings is 1. The number of piperazine rings is 1. The van der Waals surface area contributed by atoms with E-state index in [0.717, 1.165) is 19.6 Å². The van der Waals surface area contributed by atoms with Crippen LogP contribution in [0.15, 0.2) is 24.3 Å². The molecule has 0 radical (unpaired) electrons. The van der Waals surface area contributed by atoms with Crippen LogP contribution in [0.5, 0.6) is 0 Å². The van der Waals surface area contributed by atoms with Crippen molar-refractivity contribution in [2.75, 3.05) is 33.8 Å². The summed E-state index contributed by atoms with van der Waals surface area (Å²) in [6.45, 7) is 3.87. The molecule has 0 aliphatic carbocycles. The summed E-state index contributed by atoms with van der Waals surface area (Å²) in [5.41, 5.74) is 2.41. The van der Waals surface area contributed by atoms with Crippen molar-refractivity contribution in [3.63, 3.8) is 0 Å². The summed E-state index contributed by atoms with van der Waals surface area (Å²) in [4.78, 5) is 14.2. The molecule has 5 nitrogen and oxygen atoms in total. The second-order valence-corrected chi connectivity index (χ2v) is 5.01. The van der Waals surface area contributed by atoms with Gasteiger partial charge in [-0.15, -0.1) is 0 Å². The Hall–Kier alpha value is -1.43. The third-order valence-corrected chi connectivity index (χ3v) is 3.69. The lowest BCUT2D eigenvalue weighted by atomic mass is 10.1. The molecule has 0 saturated carbocycles. The topological polar surface area (TPSA) is 53.6 Å². The van der Waals surface area contributed by atoms with Crippen LogP contribution in [0.3, 0.4) is 0 Å². The van der Waals surface area contributed by atoms with Gasteiger partial charge in [-0.25, -0.2) is 0 Å². The lowest BCUT2D eigenvalue weighted by Crippen LogP contribution is -2.56. The van der Waals surface area contributed by atoms with Gasteiger partial charge in [0, 0.05) is 40.3 Å². The molecule has 1 heterocycles. The molecule has 5 heteroatoms. The molecule has 1 aromatic rings. The van der Waals surface area contributed by atoms with Gasteiger partial charge in [-0.2, -0.15) is 0 Å². The van der Waals surface area contributed by atoms with Crippen LogP contribution >= 0.6 is 0 Å². The van der Waals surface area contributed by atoms with E-state index in [-0.39, 0.29) is 11.9 Å². The number of nitrogens with zero attached hydrogens (tertiary/aromatic N) is 1. The van der Waals surface area contributed by atoms with Crippen LogP contribution in [-0.4, -0.2) is 50.6 Å². The number of carbonyl (C=O) groups is 1. The van der Waals surface area contributed by atoms with Crippen molar-refractivity contribution in [1.82, 2.24) is 15.5 Å². The molecule has 1 aliphatic heterocycles. The third kappa shape index (κ3) is 3.56. The van der Waals surface area contributed by atoms with E-state index >= 15 is 0 Å². The molecule has 0 spiro atoms. The van der Waals surface area contributed by atoms with Gasteiger partial charge in [0.25, 0.3) is 0 Å². The zero-order chi connectivity index (χ0) is 14.4. The highest BCUT2D eigenvalue weighted by atomic mass is 16.5. The monoisotopic (exact) mass is 277 g/mol. The van der Waals surface area contributed by atoms with E-state index in [1.54, 1.807) is 14.2 Å². The minimum absolute atomic E-state index is 0.0708. The Bertz CT molecular complexity index is 450. The first-order chi connectivity index (χ1) is 9.76. The van der Waals surface area contributed by atoms with Crippen LogP contribution in [0, 0.1) is 0 Å². The summed E-state index contributed by atoms with van der Waals surface area (Å²) >= 11 is 0. The third-order valence-electron chi connectivity index (χ3n) is 3.69. The van der Waals surface area contributed by atoms with Gasteiger partial charge < -0.3 is 15.4 Å². The first kappa shape index (κ1) is 15.0. The quantitative estimate of drug-likeness (QED) is 0.815. The Morgan fingerprint density at radius 2 is 2.20 bits per heavy atom. The molecule has 2 N–H and O–H groups in total. The molecule has 1 amide bonds. The minimum Gasteiger partial charge on any atom is -0.380 e.